The van der Waals surface area contributed by atoms with Crippen molar-refractivity contribution in [3.63, 3.8) is 0 Å². The van der Waals surface area contributed by atoms with Gasteiger partial charge in [-0.3, -0.25) is 4.79 Å². The molecule has 0 unspecified atom stereocenters. The molecule has 1 aliphatic rings. The molecule has 5 heteroatoms. The van der Waals surface area contributed by atoms with E-state index in [1.807, 2.05) is 12.1 Å². The van der Waals surface area contributed by atoms with Gasteiger partial charge in [0, 0.05) is 37.3 Å². The normalized spacial score (nSPS) is 15.7. The summed E-state index contributed by atoms with van der Waals surface area (Å²) in [4.78, 5) is 17.9. The molecule has 97 valence electrons. The third-order valence-corrected chi connectivity index (χ3v) is 3.34. The molecule has 0 saturated carbocycles. The second-order valence-electron chi connectivity index (χ2n) is 4.57. The lowest BCUT2D eigenvalue weighted by atomic mass is 10.1. The number of primary amides is 1. The number of hydrogen-bond acceptors (Lipinski definition) is 4. The Labute approximate surface area is 111 Å². The maximum atomic E-state index is 11.4. The Hall–Kier alpha value is -2.14. The molecule has 1 radical (unpaired) electrons. The van der Waals surface area contributed by atoms with Gasteiger partial charge in [0.25, 0.3) is 5.91 Å². The molecule has 1 saturated heterocycles. The number of anilines is 1. The molecule has 19 heavy (non-hydrogen) atoms. The van der Waals surface area contributed by atoms with Crippen LogP contribution in [0.2, 0.25) is 0 Å². The van der Waals surface area contributed by atoms with Gasteiger partial charge in [-0.2, -0.15) is 0 Å². The number of rotatable bonds is 2. The summed E-state index contributed by atoms with van der Waals surface area (Å²) in [6, 6.07) is 10.4. The number of carbonyl (C=O) groups excluding carboxylic acids is 1. The van der Waals surface area contributed by atoms with Crippen molar-refractivity contribution in [1.29, 1.82) is 0 Å². The van der Waals surface area contributed by atoms with E-state index < -0.39 is 5.91 Å². The predicted molar refractivity (Wildman–Crippen MR) is 74.2 cm³/mol. The van der Waals surface area contributed by atoms with Crippen molar-refractivity contribution in [3.05, 3.63) is 36.0 Å². The number of hydrogen-bond donors (Lipinski definition) is 2. The summed E-state index contributed by atoms with van der Waals surface area (Å²) in [5, 5.41) is 4.32. The minimum atomic E-state index is -0.494. The first-order valence-corrected chi connectivity index (χ1v) is 6.32. The van der Waals surface area contributed by atoms with Crippen LogP contribution in [0.1, 0.15) is 10.5 Å². The summed E-state index contributed by atoms with van der Waals surface area (Å²) in [7, 11) is 0. The molecule has 1 aromatic heterocycles. The lowest BCUT2D eigenvalue weighted by Gasteiger charge is -2.30. The molecular weight excluding hydrogens is 240 g/mol. The predicted octanol–water partition coefficient (Wildman–Crippen LogP) is 0.543. The molecule has 0 aliphatic carbocycles. The lowest BCUT2D eigenvalue weighted by molar-refractivity contribution is 0.0996. The molecule has 0 atom stereocenters. The second-order valence-corrected chi connectivity index (χ2v) is 4.57. The van der Waals surface area contributed by atoms with Gasteiger partial charge in [0.2, 0.25) is 0 Å². The highest BCUT2D eigenvalue weighted by atomic mass is 16.1. The van der Waals surface area contributed by atoms with E-state index in [0.717, 1.165) is 42.8 Å². The highest BCUT2D eigenvalue weighted by molar-refractivity contribution is 5.99. The maximum Gasteiger partial charge on any atom is 0.267 e. The number of aromatic nitrogens is 1. The number of piperazine rings is 1. The largest absolute Gasteiger partial charge is 0.368 e. The second kappa shape index (κ2) is 4.85. The maximum absolute atomic E-state index is 11.4. The number of benzene rings is 1. The van der Waals surface area contributed by atoms with Gasteiger partial charge in [0.1, 0.15) is 5.69 Å². The topological polar surface area (TPSA) is 71.2 Å². The number of pyridine rings is 1. The number of nitrogens with zero attached hydrogens (tertiary/aromatic N) is 2. The number of carbonyl (C=O) groups is 1. The average Bonchev–Trinajstić information content (AvgIpc) is 2.47. The summed E-state index contributed by atoms with van der Waals surface area (Å²) in [5.41, 5.74) is 7.47. The Balaban J connectivity index is 2.16. The molecule has 3 rings (SSSR count). The summed E-state index contributed by atoms with van der Waals surface area (Å²) < 4.78 is 0. The first-order valence-electron chi connectivity index (χ1n) is 6.32. The van der Waals surface area contributed by atoms with Gasteiger partial charge in [-0.05, 0) is 24.3 Å². The van der Waals surface area contributed by atoms with Crippen molar-refractivity contribution < 1.29 is 4.79 Å². The smallest absolute Gasteiger partial charge is 0.267 e. The Bertz CT molecular complexity index is 620. The van der Waals surface area contributed by atoms with Crippen LogP contribution in [0, 0.1) is 6.07 Å². The van der Waals surface area contributed by atoms with Gasteiger partial charge in [0.15, 0.2) is 0 Å². The van der Waals surface area contributed by atoms with Crippen molar-refractivity contribution in [2.24, 2.45) is 5.73 Å². The van der Waals surface area contributed by atoms with Crippen molar-refractivity contribution >= 4 is 22.5 Å². The van der Waals surface area contributed by atoms with Gasteiger partial charge >= 0.3 is 0 Å². The van der Waals surface area contributed by atoms with Crippen LogP contribution in [0.25, 0.3) is 10.9 Å². The van der Waals surface area contributed by atoms with Gasteiger partial charge in [-0.15, -0.1) is 0 Å². The highest BCUT2D eigenvalue weighted by Gasteiger charge is 2.16. The number of amides is 1. The Morgan fingerprint density at radius 2 is 2.21 bits per heavy atom. The van der Waals surface area contributed by atoms with Gasteiger partial charge < -0.3 is 16.0 Å². The minimum absolute atomic E-state index is 0.312. The highest BCUT2D eigenvalue weighted by Crippen LogP contribution is 2.26. The van der Waals surface area contributed by atoms with Crippen LogP contribution in [-0.2, 0) is 0 Å². The van der Waals surface area contributed by atoms with Crippen molar-refractivity contribution in [3.8, 4) is 0 Å². The van der Waals surface area contributed by atoms with Crippen molar-refractivity contribution in [2.75, 3.05) is 31.1 Å². The fraction of sp³-hybridized carbons (Fsp3) is 0.286. The molecule has 1 fully saturated rings. The minimum Gasteiger partial charge on any atom is -0.368 e. The van der Waals surface area contributed by atoms with Crippen LogP contribution >= 0.6 is 0 Å². The Kier molecular flexibility index (Phi) is 3.05. The third kappa shape index (κ3) is 2.24. The number of nitrogens with one attached hydrogen (secondary N) is 1. The fourth-order valence-electron chi connectivity index (χ4n) is 2.39. The first kappa shape index (κ1) is 11.9. The van der Waals surface area contributed by atoms with E-state index in [9.17, 15) is 4.79 Å². The quantitative estimate of drug-likeness (QED) is 0.822. The molecule has 0 spiro atoms. The fourth-order valence-corrected chi connectivity index (χ4v) is 2.39. The summed E-state index contributed by atoms with van der Waals surface area (Å²) >= 11 is 0. The molecule has 1 aliphatic heterocycles. The Morgan fingerprint density at radius 3 is 2.95 bits per heavy atom. The van der Waals surface area contributed by atoms with Crippen LogP contribution in [-0.4, -0.2) is 37.1 Å². The van der Waals surface area contributed by atoms with Crippen LogP contribution < -0.4 is 16.0 Å². The van der Waals surface area contributed by atoms with E-state index in [1.54, 1.807) is 12.1 Å². The van der Waals surface area contributed by atoms with E-state index >= 15 is 0 Å². The molecule has 2 heterocycles. The molecule has 1 aromatic carbocycles. The van der Waals surface area contributed by atoms with Gasteiger partial charge in [-0.25, -0.2) is 4.98 Å². The van der Waals surface area contributed by atoms with E-state index in [0.29, 0.717) is 5.69 Å². The van der Waals surface area contributed by atoms with Crippen molar-refractivity contribution in [1.82, 2.24) is 10.3 Å². The summed E-state index contributed by atoms with van der Waals surface area (Å²) in [6.07, 6.45) is 0. The molecule has 3 N–H and O–H groups in total. The van der Waals surface area contributed by atoms with E-state index in [-0.39, 0.29) is 0 Å². The number of fused-ring (bicyclic) bond motifs is 1. The zero-order valence-corrected chi connectivity index (χ0v) is 10.5. The molecular formula is C14H15N4O. The van der Waals surface area contributed by atoms with Crippen LogP contribution in [0.4, 0.5) is 5.69 Å². The molecule has 0 bridgehead atoms. The molecule has 1 amide bonds. The molecule has 5 nitrogen and oxygen atoms in total. The summed E-state index contributed by atoms with van der Waals surface area (Å²) in [6.45, 7) is 3.69. The Morgan fingerprint density at radius 1 is 1.42 bits per heavy atom. The van der Waals surface area contributed by atoms with Gasteiger partial charge in [0.05, 0.1) is 5.52 Å². The SMILES string of the molecule is NC(=O)c1cc(N2CCNCC2)c2c[c]ccc2n1. The zero-order chi connectivity index (χ0) is 13.2. The van der Waals surface area contributed by atoms with Gasteiger partial charge in [-0.1, -0.05) is 6.07 Å². The standard InChI is InChI=1S/C14H15N4O/c15-14(19)12-9-13(18-7-5-16-6-8-18)10-3-1-2-4-11(10)17-12/h2-4,9,16H,5-8H2,(H2,15,19). The van der Waals surface area contributed by atoms with Crippen LogP contribution in [0.5, 0.6) is 0 Å². The van der Waals surface area contributed by atoms with Crippen molar-refractivity contribution in [2.45, 2.75) is 0 Å². The average molecular weight is 255 g/mol. The van der Waals surface area contributed by atoms with E-state index in [2.05, 4.69) is 21.3 Å². The third-order valence-electron chi connectivity index (χ3n) is 3.34. The monoisotopic (exact) mass is 255 g/mol. The van der Waals surface area contributed by atoms with Crippen LogP contribution in [0.3, 0.4) is 0 Å². The van der Waals surface area contributed by atoms with E-state index in [1.165, 1.54) is 0 Å². The van der Waals surface area contributed by atoms with E-state index in [4.69, 9.17) is 5.73 Å². The zero-order valence-electron chi connectivity index (χ0n) is 10.5. The number of nitrogens with two attached hydrogens (primary N) is 1. The first-order chi connectivity index (χ1) is 9.25. The van der Waals surface area contributed by atoms with Crippen LogP contribution in [0.15, 0.2) is 24.3 Å². The molecule has 2 aromatic rings. The lowest BCUT2D eigenvalue weighted by Crippen LogP contribution is -2.43. The summed E-state index contributed by atoms with van der Waals surface area (Å²) in [5.74, 6) is -0.494.